The molecule has 0 spiro atoms. The summed E-state index contributed by atoms with van der Waals surface area (Å²) in [6, 6.07) is 0. The number of nitriles is 2. The van der Waals surface area contributed by atoms with Crippen molar-refractivity contribution < 1.29 is 14.8 Å². The highest BCUT2D eigenvalue weighted by Gasteiger charge is 1.82. The molecule has 0 amide bonds. The number of hydrogen-bond donors (Lipinski definition) is 0. The predicted molar refractivity (Wildman–Crippen MR) is 75.2 cm³/mol. The Hall–Kier alpha value is -0.935. The Bertz CT molecular complexity index is 380. The highest BCUT2D eigenvalue weighted by Crippen LogP contribution is 1.77. The molecule has 2 N–H and O–H groups in total. The summed E-state index contributed by atoms with van der Waals surface area (Å²) in [6.07, 6.45) is 9.77. The molecule has 0 heterocycles. The molecule has 18 heavy (non-hydrogen) atoms. The molecular formula is C8H19BN4O3S2-. The zero-order chi connectivity index (χ0) is 13.6. The Morgan fingerprint density at radius 3 is 1.61 bits per heavy atom. The first-order valence-electron chi connectivity index (χ1n) is 4.06. The molecule has 0 aromatic carbocycles. The van der Waals surface area contributed by atoms with Crippen LogP contribution in [0.25, 0.3) is 0 Å². The molecule has 0 bridgehead atoms. The first-order valence-corrected chi connectivity index (χ1v) is 8.38. The average molecular weight is 294 g/mol. The maximum atomic E-state index is 10.4. The second kappa shape index (κ2) is 21.4. The van der Waals surface area contributed by atoms with Crippen LogP contribution in [0.3, 0.4) is 0 Å². The zero-order valence-corrected chi connectivity index (χ0v) is 12.8. The van der Waals surface area contributed by atoms with E-state index in [1.165, 1.54) is 18.7 Å². The van der Waals surface area contributed by atoms with Gasteiger partial charge in [0.25, 0.3) is 0 Å². The molecule has 10 heteroatoms. The monoisotopic (exact) mass is 294 g/mol. The van der Waals surface area contributed by atoms with E-state index in [1.54, 1.807) is 13.1 Å². The van der Waals surface area contributed by atoms with Crippen molar-refractivity contribution >= 4 is 28.8 Å². The summed E-state index contributed by atoms with van der Waals surface area (Å²) in [5.41, 5.74) is 0. The minimum atomic E-state index is -2.16. The van der Waals surface area contributed by atoms with Crippen LogP contribution in [-0.4, -0.2) is 49.7 Å². The molecule has 0 aromatic heterocycles. The first kappa shape index (κ1) is 30.3. The predicted octanol–water partition coefficient (Wildman–Crippen LogP) is -1.11. The van der Waals surface area contributed by atoms with E-state index >= 15 is 0 Å². The van der Waals surface area contributed by atoms with Gasteiger partial charge in [-0.2, -0.15) is 14.9 Å². The van der Waals surface area contributed by atoms with Crippen LogP contribution in [0.1, 0.15) is 6.92 Å². The quantitative estimate of drug-likeness (QED) is 0.411. The summed E-state index contributed by atoms with van der Waals surface area (Å²) in [7, 11) is -2.21. The maximum absolute atomic E-state index is 10.4. The van der Waals surface area contributed by atoms with E-state index in [0.29, 0.717) is 0 Å². The van der Waals surface area contributed by atoms with Gasteiger partial charge in [0, 0.05) is 20.9 Å². The summed E-state index contributed by atoms with van der Waals surface area (Å²) in [5, 5.41) is 24.6. The van der Waals surface area contributed by atoms with Gasteiger partial charge < -0.3 is 10.6 Å². The minimum Gasteiger partial charge on any atom is -0.855 e. The van der Waals surface area contributed by atoms with Gasteiger partial charge in [0.1, 0.15) is 0 Å². The Kier molecular flexibility index (Phi) is 35.9. The lowest BCUT2D eigenvalue weighted by Crippen LogP contribution is -1.97. The van der Waals surface area contributed by atoms with Crippen molar-refractivity contribution in [2.24, 2.45) is 8.73 Å². The SMILES string of the molecule is CC[O-].CS(C)(=O)=NC#N.CS(C)=NC#N.O.[B]. The molecule has 0 aliphatic heterocycles. The third kappa shape index (κ3) is 81.0. The summed E-state index contributed by atoms with van der Waals surface area (Å²) >= 11 is 0. The second-order valence-electron chi connectivity index (χ2n) is 2.63. The topological polar surface area (TPSA) is 144 Å². The van der Waals surface area contributed by atoms with Gasteiger partial charge in [0.05, 0.1) is 9.73 Å². The van der Waals surface area contributed by atoms with E-state index in [9.17, 15) is 4.21 Å². The Morgan fingerprint density at radius 1 is 1.28 bits per heavy atom. The fraction of sp³-hybridized carbons (Fsp3) is 0.750. The van der Waals surface area contributed by atoms with Gasteiger partial charge in [-0.25, -0.2) is 4.21 Å². The van der Waals surface area contributed by atoms with Gasteiger partial charge in [0.2, 0.25) is 12.4 Å². The summed E-state index contributed by atoms with van der Waals surface area (Å²) in [5.74, 6) is 0. The Balaban J connectivity index is -0.0000000475. The van der Waals surface area contributed by atoms with Crippen molar-refractivity contribution in [1.29, 1.82) is 10.5 Å². The van der Waals surface area contributed by atoms with Crippen molar-refractivity contribution in [2.75, 3.05) is 31.6 Å². The van der Waals surface area contributed by atoms with E-state index in [1.807, 2.05) is 12.5 Å². The van der Waals surface area contributed by atoms with Crippen LogP contribution in [0.15, 0.2) is 8.73 Å². The van der Waals surface area contributed by atoms with E-state index in [-0.39, 0.29) is 31.2 Å². The summed E-state index contributed by atoms with van der Waals surface area (Å²) < 4.78 is 16.9. The second-order valence-corrected chi connectivity index (χ2v) is 6.90. The highest BCUT2D eigenvalue weighted by molar-refractivity contribution is 7.92. The molecule has 0 aromatic rings. The molecule has 3 radical (unpaired) electrons. The van der Waals surface area contributed by atoms with Crippen molar-refractivity contribution in [3.05, 3.63) is 0 Å². The molecule has 0 saturated carbocycles. The van der Waals surface area contributed by atoms with E-state index in [0.717, 1.165) is 0 Å². The fourth-order valence-electron chi connectivity index (χ4n) is 0.180. The van der Waals surface area contributed by atoms with E-state index < -0.39 is 9.73 Å². The Morgan fingerprint density at radius 2 is 1.61 bits per heavy atom. The number of nitrogens with zero attached hydrogens (tertiary/aromatic N) is 4. The highest BCUT2D eigenvalue weighted by atomic mass is 32.2. The number of rotatable bonds is 0. The number of hydrogen-bond acceptors (Lipinski definition) is 6. The van der Waals surface area contributed by atoms with Crippen LogP contribution in [0.5, 0.6) is 0 Å². The molecule has 0 saturated heterocycles. The van der Waals surface area contributed by atoms with Gasteiger partial charge in [-0.15, -0.1) is 11.0 Å². The van der Waals surface area contributed by atoms with Crippen molar-refractivity contribution in [3.63, 3.8) is 0 Å². The lowest BCUT2D eigenvalue weighted by molar-refractivity contribution is -0.361. The van der Waals surface area contributed by atoms with Crippen molar-refractivity contribution in [1.82, 2.24) is 0 Å². The third-order valence-electron chi connectivity index (χ3n) is 0.484. The van der Waals surface area contributed by atoms with E-state index in [2.05, 4.69) is 8.73 Å². The van der Waals surface area contributed by atoms with E-state index in [4.69, 9.17) is 15.6 Å². The molecule has 105 valence electrons. The molecule has 0 fully saturated rings. The Labute approximate surface area is 114 Å². The molecule has 0 atom stereocenters. The van der Waals surface area contributed by atoms with Crippen LogP contribution in [0.4, 0.5) is 0 Å². The van der Waals surface area contributed by atoms with Gasteiger partial charge in [-0.05, 0) is 12.5 Å². The van der Waals surface area contributed by atoms with Gasteiger partial charge in [0.15, 0.2) is 0 Å². The summed E-state index contributed by atoms with van der Waals surface area (Å²) in [4.78, 5) is 0. The first-order chi connectivity index (χ1) is 7.24. The standard InChI is InChI=1S/C3H6N2OS.C3H6N2S.C2H5O.B.H2O/c1-7(2,6)5-3-4;1-6(2)5-3-4;1-2-3;;/h1-2H3;1-2H3;2H2,1H3;;1H2/q;;-1;;. The van der Waals surface area contributed by atoms with Crippen LogP contribution in [0, 0.1) is 22.9 Å². The van der Waals surface area contributed by atoms with Crippen LogP contribution < -0.4 is 5.11 Å². The molecule has 0 aliphatic rings. The lowest BCUT2D eigenvalue weighted by Gasteiger charge is -1.80. The molecular weight excluding hydrogens is 275 g/mol. The lowest BCUT2D eigenvalue weighted by atomic mass is 10.8. The van der Waals surface area contributed by atoms with Gasteiger partial charge >= 0.3 is 0 Å². The minimum absolute atomic E-state index is 0. The average Bonchev–Trinajstić information content (AvgIpc) is 2.03. The fourth-order valence-corrected chi connectivity index (χ4v) is 0.540. The van der Waals surface area contributed by atoms with Crippen LogP contribution in [-0.2, 0) is 20.4 Å². The van der Waals surface area contributed by atoms with Gasteiger partial charge in [-0.1, -0.05) is 17.6 Å². The third-order valence-corrected chi connectivity index (χ3v) is 1.45. The van der Waals surface area contributed by atoms with Crippen LogP contribution >= 0.6 is 0 Å². The smallest absolute Gasteiger partial charge is 0.214 e. The zero-order valence-electron chi connectivity index (χ0n) is 11.2. The molecule has 0 rings (SSSR count). The largest absolute Gasteiger partial charge is 0.855 e. The maximum Gasteiger partial charge on any atom is 0.214 e. The molecule has 0 unspecified atom stereocenters. The van der Waals surface area contributed by atoms with Crippen molar-refractivity contribution in [3.8, 4) is 12.4 Å². The summed E-state index contributed by atoms with van der Waals surface area (Å²) in [6.45, 7) is 1.57. The van der Waals surface area contributed by atoms with Crippen LogP contribution in [0.2, 0.25) is 0 Å². The normalized spacial score (nSPS) is 7.39. The molecule has 7 nitrogen and oxygen atoms in total. The van der Waals surface area contributed by atoms with Crippen molar-refractivity contribution in [2.45, 2.75) is 6.92 Å². The van der Waals surface area contributed by atoms with Gasteiger partial charge in [-0.3, -0.25) is 0 Å². The molecule has 0 aliphatic carbocycles.